The lowest BCUT2D eigenvalue weighted by atomic mass is 9.99. The van der Waals surface area contributed by atoms with E-state index >= 15 is 0 Å². The van der Waals surface area contributed by atoms with Crippen LogP contribution in [0.15, 0.2) is 103 Å². The van der Waals surface area contributed by atoms with E-state index in [1.165, 1.54) is 29.2 Å². The Morgan fingerprint density at radius 2 is 1.56 bits per heavy atom. The van der Waals surface area contributed by atoms with Gasteiger partial charge in [0.25, 0.3) is 11.8 Å². The summed E-state index contributed by atoms with van der Waals surface area (Å²) in [6.07, 6.45) is -1.59. The van der Waals surface area contributed by atoms with E-state index in [1.807, 2.05) is 37.3 Å². The molecule has 2 atom stereocenters. The van der Waals surface area contributed by atoms with Gasteiger partial charge in [0.1, 0.15) is 5.82 Å². The van der Waals surface area contributed by atoms with Crippen LogP contribution < -0.4 is 10.6 Å². The Balaban J connectivity index is 1.44. The molecule has 2 N–H and O–H groups in total. The van der Waals surface area contributed by atoms with E-state index in [4.69, 9.17) is 4.74 Å². The van der Waals surface area contributed by atoms with E-state index < -0.39 is 30.0 Å². The zero-order chi connectivity index (χ0) is 27.4. The van der Waals surface area contributed by atoms with Gasteiger partial charge in [-0.2, -0.15) is 0 Å². The van der Waals surface area contributed by atoms with Crippen LogP contribution in [0.3, 0.4) is 0 Å². The maximum Gasteiger partial charge on any atom is 0.411 e. The Kier molecular flexibility index (Phi) is 7.36. The molecule has 1 aliphatic heterocycles. The molecule has 5 rings (SSSR count). The molecule has 3 amide bonds. The molecule has 0 aromatic heterocycles. The molecule has 0 spiro atoms. The third-order valence-electron chi connectivity index (χ3n) is 6.45. The number of amides is 3. The monoisotopic (exact) mass is 523 g/mol. The highest BCUT2D eigenvalue weighted by Gasteiger charge is 2.47. The molecule has 1 heterocycles. The van der Waals surface area contributed by atoms with Crippen molar-refractivity contribution < 1.29 is 23.5 Å². The van der Waals surface area contributed by atoms with Crippen LogP contribution in [-0.2, 0) is 16.1 Å². The van der Waals surface area contributed by atoms with E-state index in [1.54, 1.807) is 48.5 Å². The SMILES string of the molecule is Cc1ccc(CN2C(=O)O[C@H](c3cccc(NC(=O)c4ccccc4)c3)[C@H]2C(=O)Nc2ccc(F)cc2)cc1. The lowest BCUT2D eigenvalue weighted by Crippen LogP contribution is -2.43. The van der Waals surface area contributed by atoms with Gasteiger partial charge in [0.05, 0.1) is 6.54 Å². The van der Waals surface area contributed by atoms with Crippen molar-refractivity contribution >= 4 is 29.3 Å². The standard InChI is InChI=1S/C31H26FN3O4/c1-20-10-12-21(13-11-20)19-35-27(30(37)33-25-16-14-24(32)15-17-25)28(39-31(35)38)23-8-5-9-26(18-23)34-29(36)22-6-3-2-4-7-22/h2-18,27-28H,19H2,1H3,(H,33,37)(H,34,36)/t27-,28+/m0/s1. The van der Waals surface area contributed by atoms with Crippen molar-refractivity contribution in [1.82, 2.24) is 4.90 Å². The van der Waals surface area contributed by atoms with Crippen molar-refractivity contribution in [3.8, 4) is 0 Å². The lowest BCUT2D eigenvalue weighted by Gasteiger charge is -2.24. The summed E-state index contributed by atoms with van der Waals surface area (Å²) in [5, 5.41) is 5.63. The number of carbonyl (C=O) groups excluding carboxylic acids is 3. The summed E-state index contributed by atoms with van der Waals surface area (Å²) in [4.78, 5) is 40.7. The molecule has 4 aromatic rings. The average Bonchev–Trinajstić information content (AvgIpc) is 3.27. The predicted molar refractivity (Wildman–Crippen MR) is 146 cm³/mol. The van der Waals surface area contributed by atoms with E-state index in [0.29, 0.717) is 22.5 Å². The lowest BCUT2D eigenvalue weighted by molar-refractivity contribution is -0.121. The van der Waals surface area contributed by atoms with Crippen LogP contribution >= 0.6 is 0 Å². The van der Waals surface area contributed by atoms with Crippen LogP contribution in [0.2, 0.25) is 0 Å². The van der Waals surface area contributed by atoms with E-state index in [-0.39, 0.29) is 12.5 Å². The second kappa shape index (κ2) is 11.2. The third kappa shape index (κ3) is 5.96. The zero-order valence-electron chi connectivity index (χ0n) is 21.1. The quantitative estimate of drug-likeness (QED) is 0.307. The second-order valence-corrected chi connectivity index (χ2v) is 9.30. The van der Waals surface area contributed by atoms with Crippen molar-refractivity contribution in [2.75, 3.05) is 10.6 Å². The summed E-state index contributed by atoms with van der Waals surface area (Å²) in [6.45, 7) is 2.12. The summed E-state index contributed by atoms with van der Waals surface area (Å²) in [5.74, 6) is -1.20. The smallest absolute Gasteiger partial charge is 0.411 e. The normalized spacial score (nSPS) is 16.5. The van der Waals surface area contributed by atoms with Gasteiger partial charge in [-0.15, -0.1) is 0 Å². The molecule has 0 radical (unpaired) electrons. The summed E-state index contributed by atoms with van der Waals surface area (Å²) in [5.41, 5.74) is 3.82. The van der Waals surface area contributed by atoms with E-state index in [2.05, 4.69) is 10.6 Å². The molecular formula is C31H26FN3O4. The Morgan fingerprint density at radius 1 is 0.846 bits per heavy atom. The highest BCUT2D eigenvalue weighted by Crippen LogP contribution is 2.35. The fourth-order valence-corrected chi connectivity index (χ4v) is 4.44. The number of benzene rings is 4. The molecule has 8 heteroatoms. The van der Waals surface area contributed by atoms with Gasteiger partial charge in [-0.1, -0.05) is 60.2 Å². The Morgan fingerprint density at radius 3 is 2.28 bits per heavy atom. The van der Waals surface area contributed by atoms with Crippen LogP contribution in [-0.4, -0.2) is 28.8 Å². The maximum atomic E-state index is 13.6. The first-order valence-corrected chi connectivity index (χ1v) is 12.4. The van der Waals surface area contributed by atoms with Crippen LogP contribution in [0.4, 0.5) is 20.6 Å². The highest BCUT2D eigenvalue weighted by atomic mass is 19.1. The number of nitrogens with one attached hydrogen (secondary N) is 2. The summed E-state index contributed by atoms with van der Waals surface area (Å²) in [7, 11) is 0. The molecule has 0 saturated carbocycles. The predicted octanol–water partition coefficient (Wildman–Crippen LogP) is 6.09. The maximum absolute atomic E-state index is 13.6. The number of anilines is 2. The fraction of sp³-hybridized carbons (Fsp3) is 0.129. The fourth-order valence-electron chi connectivity index (χ4n) is 4.44. The van der Waals surface area contributed by atoms with Gasteiger partial charge in [0.2, 0.25) is 0 Å². The summed E-state index contributed by atoms with van der Waals surface area (Å²) in [6, 6.07) is 27.7. The van der Waals surface area contributed by atoms with Crippen molar-refractivity contribution in [3.05, 3.63) is 131 Å². The first-order valence-electron chi connectivity index (χ1n) is 12.4. The molecule has 1 saturated heterocycles. The van der Waals surface area contributed by atoms with Crippen LogP contribution in [0.5, 0.6) is 0 Å². The number of hydrogen-bond donors (Lipinski definition) is 2. The number of carbonyl (C=O) groups is 3. The summed E-state index contributed by atoms with van der Waals surface area (Å²) < 4.78 is 19.2. The molecule has 0 aliphatic carbocycles. The molecular weight excluding hydrogens is 497 g/mol. The minimum atomic E-state index is -1.02. The van der Waals surface area contributed by atoms with E-state index in [0.717, 1.165) is 11.1 Å². The van der Waals surface area contributed by atoms with Gasteiger partial charge in [-0.3, -0.25) is 14.5 Å². The van der Waals surface area contributed by atoms with Crippen LogP contribution in [0.1, 0.15) is 33.2 Å². The number of nitrogens with zero attached hydrogens (tertiary/aromatic N) is 1. The number of ether oxygens (including phenoxy) is 1. The first kappa shape index (κ1) is 25.7. The molecule has 39 heavy (non-hydrogen) atoms. The molecule has 196 valence electrons. The van der Waals surface area contributed by atoms with Crippen molar-refractivity contribution in [1.29, 1.82) is 0 Å². The molecule has 0 bridgehead atoms. The minimum Gasteiger partial charge on any atom is -0.438 e. The third-order valence-corrected chi connectivity index (χ3v) is 6.45. The average molecular weight is 524 g/mol. The van der Waals surface area contributed by atoms with Crippen molar-refractivity contribution in [3.63, 3.8) is 0 Å². The van der Waals surface area contributed by atoms with E-state index in [9.17, 15) is 18.8 Å². The molecule has 0 unspecified atom stereocenters. The Labute approximate surface area is 225 Å². The Bertz CT molecular complexity index is 1490. The van der Waals surface area contributed by atoms with Crippen LogP contribution in [0.25, 0.3) is 0 Å². The van der Waals surface area contributed by atoms with Gasteiger partial charge in [-0.25, -0.2) is 9.18 Å². The molecule has 7 nitrogen and oxygen atoms in total. The molecule has 1 aliphatic rings. The van der Waals surface area contributed by atoms with Gasteiger partial charge >= 0.3 is 6.09 Å². The van der Waals surface area contributed by atoms with Gasteiger partial charge < -0.3 is 15.4 Å². The second-order valence-electron chi connectivity index (χ2n) is 9.30. The number of cyclic esters (lactones) is 1. The number of aryl methyl sites for hydroxylation is 1. The number of halogens is 1. The number of hydrogen-bond acceptors (Lipinski definition) is 4. The summed E-state index contributed by atoms with van der Waals surface area (Å²) >= 11 is 0. The Hall–Kier alpha value is -4.98. The number of rotatable bonds is 7. The van der Waals surface area contributed by atoms with Gasteiger partial charge in [0.15, 0.2) is 12.1 Å². The van der Waals surface area contributed by atoms with Crippen molar-refractivity contribution in [2.45, 2.75) is 25.6 Å². The van der Waals surface area contributed by atoms with Crippen molar-refractivity contribution in [2.24, 2.45) is 0 Å². The molecule has 1 fully saturated rings. The highest BCUT2D eigenvalue weighted by molar-refractivity contribution is 6.04. The topological polar surface area (TPSA) is 87.7 Å². The largest absolute Gasteiger partial charge is 0.438 e. The van der Waals surface area contributed by atoms with Gasteiger partial charge in [0, 0.05) is 16.9 Å². The molecule has 4 aromatic carbocycles. The zero-order valence-corrected chi connectivity index (χ0v) is 21.1. The first-order chi connectivity index (χ1) is 18.9. The van der Waals surface area contributed by atoms with Gasteiger partial charge in [-0.05, 0) is 66.6 Å². The van der Waals surface area contributed by atoms with Crippen LogP contribution in [0, 0.1) is 12.7 Å². The minimum absolute atomic E-state index is 0.154.